The Kier molecular flexibility index (Phi) is 9.53. The minimum Gasteiger partial charge on any atom is -0.495 e. The molecule has 0 saturated heterocycles. The van der Waals surface area contributed by atoms with E-state index in [0.717, 1.165) is 14.6 Å². The number of hydrogen-bond acceptors (Lipinski definition) is 9. The first-order valence-electron chi connectivity index (χ1n) is 12.6. The van der Waals surface area contributed by atoms with Crippen molar-refractivity contribution in [1.29, 1.82) is 10.5 Å². The fraction of sp³-hybridized carbons (Fsp3) is 0.241. The Morgan fingerprint density at radius 1 is 0.902 bits per heavy atom. The summed E-state index contributed by atoms with van der Waals surface area (Å²) in [5, 5.41) is 18.3. The zero-order valence-electron chi connectivity index (χ0n) is 22.5. The van der Waals surface area contributed by atoms with Crippen LogP contribution in [0.1, 0.15) is 28.8 Å². The van der Waals surface area contributed by atoms with Crippen molar-refractivity contribution in [2.24, 2.45) is 0 Å². The molecule has 0 atom stereocenters. The van der Waals surface area contributed by atoms with Crippen LogP contribution < -0.4 is 14.4 Å². The van der Waals surface area contributed by atoms with Crippen LogP contribution in [-0.4, -0.2) is 50.9 Å². The number of benzene rings is 3. The molecule has 210 valence electrons. The van der Waals surface area contributed by atoms with Crippen LogP contribution in [0, 0.1) is 22.7 Å². The summed E-state index contributed by atoms with van der Waals surface area (Å²) in [6.07, 6.45) is -0.0131. The zero-order valence-corrected chi connectivity index (χ0v) is 24.1. The van der Waals surface area contributed by atoms with Gasteiger partial charge >= 0.3 is 0 Å². The van der Waals surface area contributed by atoms with Crippen molar-refractivity contribution < 1.29 is 22.7 Å². The molecule has 10 nitrogen and oxygen atoms in total. The van der Waals surface area contributed by atoms with Gasteiger partial charge < -0.3 is 9.47 Å². The van der Waals surface area contributed by atoms with E-state index in [4.69, 9.17) is 25.0 Å². The summed E-state index contributed by atoms with van der Waals surface area (Å²) in [6.45, 7) is 0.160. The van der Waals surface area contributed by atoms with Crippen LogP contribution in [0.2, 0.25) is 0 Å². The molecule has 0 aliphatic rings. The first-order valence-corrected chi connectivity index (χ1v) is 14.8. The number of methoxy groups -OCH3 is 2. The minimum atomic E-state index is -3.97. The number of hydrogen-bond donors (Lipinski definition) is 0. The molecule has 12 heteroatoms. The van der Waals surface area contributed by atoms with Crippen LogP contribution in [0.5, 0.6) is 11.5 Å². The van der Waals surface area contributed by atoms with E-state index in [9.17, 15) is 13.2 Å². The fourth-order valence-electron chi connectivity index (χ4n) is 4.16. The lowest BCUT2D eigenvalue weighted by Crippen LogP contribution is -2.33. The van der Waals surface area contributed by atoms with E-state index < -0.39 is 10.0 Å². The van der Waals surface area contributed by atoms with Crippen molar-refractivity contribution in [2.45, 2.75) is 24.3 Å². The quantitative estimate of drug-likeness (QED) is 0.226. The van der Waals surface area contributed by atoms with Gasteiger partial charge in [0.1, 0.15) is 21.7 Å². The van der Waals surface area contributed by atoms with Gasteiger partial charge in [0.2, 0.25) is 10.0 Å². The number of nitriles is 2. The second kappa shape index (κ2) is 13.2. The van der Waals surface area contributed by atoms with E-state index in [2.05, 4.69) is 0 Å². The maximum atomic E-state index is 13.9. The number of ether oxygens (including phenoxy) is 2. The third-order valence-electron chi connectivity index (χ3n) is 6.24. The zero-order chi connectivity index (χ0) is 29.4. The summed E-state index contributed by atoms with van der Waals surface area (Å²) in [5.41, 5.74) is 1.71. The summed E-state index contributed by atoms with van der Waals surface area (Å²) >= 11 is 1.29. The first kappa shape index (κ1) is 29.5. The summed E-state index contributed by atoms with van der Waals surface area (Å²) < 4.78 is 39.3. The van der Waals surface area contributed by atoms with Crippen molar-refractivity contribution in [1.82, 2.24) is 9.29 Å². The van der Waals surface area contributed by atoms with Crippen LogP contribution in [0.4, 0.5) is 5.13 Å². The fourth-order valence-corrected chi connectivity index (χ4v) is 6.67. The Labute approximate surface area is 242 Å². The van der Waals surface area contributed by atoms with E-state index in [1.54, 1.807) is 26.4 Å². The molecule has 0 N–H and O–H groups in total. The van der Waals surface area contributed by atoms with Crippen LogP contribution in [0.25, 0.3) is 10.2 Å². The number of carbonyl (C=O) groups excluding carboxylic acids is 1. The van der Waals surface area contributed by atoms with E-state index in [1.807, 2.05) is 42.5 Å². The molecule has 0 aliphatic heterocycles. The minimum absolute atomic E-state index is 0.00654. The molecule has 0 spiro atoms. The third-order valence-corrected chi connectivity index (χ3v) is 9.25. The summed E-state index contributed by atoms with van der Waals surface area (Å²) in [5.74, 6) is 0.770. The molecular weight excluding hydrogens is 562 g/mol. The normalized spacial score (nSPS) is 11.1. The van der Waals surface area contributed by atoms with Gasteiger partial charge in [0.05, 0.1) is 37.8 Å². The smallest absolute Gasteiger partial charge is 0.260 e. The van der Waals surface area contributed by atoms with Gasteiger partial charge in [-0.1, -0.05) is 41.7 Å². The predicted octanol–water partition coefficient (Wildman–Crippen LogP) is 4.98. The number of aromatic nitrogens is 1. The highest BCUT2D eigenvalue weighted by Gasteiger charge is 2.27. The molecule has 1 amide bonds. The monoisotopic (exact) mass is 589 g/mol. The standard InChI is InChI=1S/C29H27N5O5S2/c1-38-24-14-15-25(39-2)27-26(24)32-29(40-27)34(20-21-8-4-3-5-9-21)28(35)22-10-12-23(13-11-22)41(36,37)33(18-6-16-30)19-7-17-31/h3-5,8-15H,6-7,18-20H2,1-2H3. The largest absolute Gasteiger partial charge is 0.495 e. The van der Waals surface area contributed by atoms with Crippen molar-refractivity contribution in [3.63, 3.8) is 0 Å². The SMILES string of the molecule is COc1ccc(OC)c2sc(N(Cc3ccccc3)C(=O)c3ccc(S(=O)(=O)N(CCC#N)CCC#N)cc3)nc12. The molecule has 0 bridgehead atoms. The van der Waals surface area contributed by atoms with Crippen LogP contribution in [0.3, 0.4) is 0 Å². The van der Waals surface area contributed by atoms with Gasteiger partial charge in [0.25, 0.3) is 5.91 Å². The number of rotatable bonds is 12. The predicted molar refractivity (Wildman–Crippen MR) is 155 cm³/mol. The second-order valence-electron chi connectivity index (χ2n) is 8.77. The van der Waals surface area contributed by atoms with E-state index >= 15 is 0 Å². The number of nitrogens with zero attached hydrogens (tertiary/aromatic N) is 5. The molecule has 0 aliphatic carbocycles. The van der Waals surface area contributed by atoms with Gasteiger partial charge in [-0.05, 0) is 42.0 Å². The lowest BCUT2D eigenvalue weighted by Gasteiger charge is -2.21. The molecule has 4 aromatic rings. The highest BCUT2D eigenvalue weighted by atomic mass is 32.2. The Balaban J connectivity index is 1.72. The molecule has 3 aromatic carbocycles. The van der Waals surface area contributed by atoms with Crippen molar-refractivity contribution in [3.8, 4) is 23.6 Å². The molecule has 4 rings (SSSR count). The summed E-state index contributed by atoms with van der Waals surface area (Å²) in [4.78, 5) is 20.1. The Bertz CT molecular complexity index is 1650. The Hall–Kier alpha value is -4.49. The third kappa shape index (κ3) is 6.47. The van der Waals surface area contributed by atoms with E-state index in [1.165, 1.54) is 40.5 Å². The molecule has 1 heterocycles. The first-order chi connectivity index (χ1) is 19.8. The van der Waals surface area contributed by atoms with Crippen LogP contribution >= 0.6 is 11.3 Å². The Morgan fingerprint density at radius 3 is 2.10 bits per heavy atom. The van der Waals surface area contributed by atoms with Gasteiger partial charge in [-0.2, -0.15) is 14.8 Å². The highest BCUT2D eigenvalue weighted by molar-refractivity contribution is 7.89. The van der Waals surface area contributed by atoms with Gasteiger partial charge in [-0.3, -0.25) is 9.69 Å². The summed E-state index contributed by atoms with van der Waals surface area (Å²) in [7, 11) is -0.867. The van der Waals surface area contributed by atoms with Crippen molar-refractivity contribution >= 4 is 42.6 Å². The number of amides is 1. The van der Waals surface area contributed by atoms with Gasteiger partial charge in [0, 0.05) is 31.5 Å². The molecule has 1 aromatic heterocycles. The van der Waals surface area contributed by atoms with Crippen LogP contribution in [0.15, 0.2) is 71.6 Å². The summed E-state index contributed by atoms with van der Waals surface area (Å²) in [6, 6.07) is 22.5. The van der Waals surface area contributed by atoms with Crippen LogP contribution in [-0.2, 0) is 16.6 Å². The average molecular weight is 590 g/mol. The van der Waals surface area contributed by atoms with E-state index in [0.29, 0.717) is 22.1 Å². The van der Waals surface area contributed by atoms with E-state index in [-0.39, 0.29) is 48.8 Å². The lowest BCUT2D eigenvalue weighted by atomic mass is 10.1. The molecule has 0 unspecified atom stereocenters. The topological polar surface area (TPSA) is 137 Å². The molecule has 41 heavy (non-hydrogen) atoms. The Morgan fingerprint density at radius 2 is 1.51 bits per heavy atom. The van der Waals surface area contributed by atoms with Crippen molar-refractivity contribution in [2.75, 3.05) is 32.2 Å². The number of sulfonamides is 1. The average Bonchev–Trinajstić information content (AvgIpc) is 3.45. The molecule has 0 fully saturated rings. The highest BCUT2D eigenvalue weighted by Crippen LogP contribution is 2.40. The number of anilines is 1. The second-order valence-corrected chi connectivity index (χ2v) is 11.7. The maximum Gasteiger partial charge on any atom is 0.260 e. The molecular formula is C29H27N5O5S2. The van der Waals surface area contributed by atoms with Crippen molar-refractivity contribution in [3.05, 3.63) is 77.9 Å². The number of fused-ring (bicyclic) bond motifs is 1. The number of carbonyl (C=O) groups is 1. The van der Waals surface area contributed by atoms with Gasteiger partial charge in [-0.25, -0.2) is 13.4 Å². The maximum absolute atomic E-state index is 13.9. The number of thiazole rings is 1. The molecule has 0 radical (unpaired) electrons. The van der Waals surface area contributed by atoms with Gasteiger partial charge in [0.15, 0.2) is 5.13 Å². The van der Waals surface area contributed by atoms with Gasteiger partial charge in [-0.15, -0.1) is 0 Å². The molecule has 0 saturated carbocycles. The lowest BCUT2D eigenvalue weighted by molar-refractivity contribution is 0.0985.